The first-order chi connectivity index (χ1) is 14.3. The number of pyridine rings is 1. The maximum atomic E-state index is 13.7. The predicted molar refractivity (Wildman–Crippen MR) is 115 cm³/mol. The van der Waals surface area contributed by atoms with E-state index < -0.39 is 17.6 Å². The number of amides is 1. The number of alkyl halides is 3. The molecule has 30 heavy (non-hydrogen) atoms. The van der Waals surface area contributed by atoms with Gasteiger partial charge in [0.25, 0.3) is 5.91 Å². The number of aryl methyl sites for hydroxylation is 1. The first-order valence-corrected chi connectivity index (χ1v) is 11.2. The summed E-state index contributed by atoms with van der Waals surface area (Å²) in [6.45, 7) is 5.56. The van der Waals surface area contributed by atoms with E-state index in [1.165, 1.54) is 22.9 Å². The van der Waals surface area contributed by atoms with E-state index in [-0.39, 0.29) is 21.6 Å². The van der Waals surface area contributed by atoms with Gasteiger partial charge in [-0.15, -0.1) is 22.7 Å². The van der Waals surface area contributed by atoms with Crippen molar-refractivity contribution < 1.29 is 18.0 Å². The van der Waals surface area contributed by atoms with Gasteiger partial charge < -0.3 is 10.2 Å². The van der Waals surface area contributed by atoms with E-state index in [0.29, 0.717) is 13.1 Å². The lowest BCUT2D eigenvalue weighted by atomic mass is 10.1. The molecule has 1 saturated heterocycles. The highest BCUT2D eigenvalue weighted by molar-refractivity contribution is 7.17. The summed E-state index contributed by atoms with van der Waals surface area (Å²) < 4.78 is 41.1. The van der Waals surface area contributed by atoms with Crippen LogP contribution in [0.1, 0.15) is 26.4 Å². The van der Waals surface area contributed by atoms with Crippen molar-refractivity contribution in [2.24, 2.45) is 0 Å². The average Bonchev–Trinajstić information content (AvgIpc) is 3.32. The maximum absolute atomic E-state index is 13.7. The van der Waals surface area contributed by atoms with Gasteiger partial charge in [-0.1, -0.05) is 0 Å². The summed E-state index contributed by atoms with van der Waals surface area (Å²) in [4.78, 5) is 22.0. The second kappa shape index (κ2) is 8.16. The van der Waals surface area contributed by atoms with Crippen LogP contribution in [-0.2, 0) is 12.7 Å². The average molecular weight is 455 g/mol. The van der Waals surface area contributed by atoms with Crippen LogP contribution >= 0.6 is 22.7 Å². The van der Waals surface area contributed by atoms with Crippen molar-refractivity contribution in [2.75, 3.05) is 38.1 Å². The Kier molecular flexibility index (Phi) is 5.73. The van der Waals surface area contributed by atoms with Crippen LogP contribution in [0.4, 0.5) is 19.0 Å². The molecule has 4 heterocycles. The van der Waals surface area contributed by atoms with E-state index in [1.807, 2.05) is 4.90 Å². The Morgan fingerprint density at radius 1 is 1.17 bits per heavy atom. The molecule has 0 spiro atoms. The van der Waals surface area contributed by atoms with E-state index in [2.05, 4.69) is 33.6 Å². The number of carbonyl (C=O) groups is 1. The predicted octanol–water partition coefficient (Wildman–Crippen LogP) is 4.37. The Bertz CT molecular complexity index is 1070. The molecule has 0 unspecified atom stereocenters. The number of halogens is 3. The SMILES string of the molecule is CNC(=O)c1csc2c(C(F)(F)F)cc(N3CCN(Cc4cc(C)cs4)CC3)nc12. The number of fused-ring (bicyclic) bond motifs is 1. The Hall–Kier alpha value is -2.17. The number of hydrogen-bond acceptors (Lipinski definition) is 6. The standard InChI is InChI=1S/C20H21F3N4OS2/c1-12-7-13(29-10-12)9-26-3-5-27(6-4-26)16-8-15(20(21,22)23)18-17(25-16)14(11-30-18)19(28)24-2/h7-8,10-11H,3-6,9H2,1-2H3,(H,24,28). The lowest BCUT2D eigenvalue weighted by Crippen LogP contribution is -2.46. The van der Waals surface area contributed by atoms with Crippen LogP contribution in [0.15, 0.2) is 22.9 Å². The summed E-state index contributed by atoms with van der Waals surface area (Å²) in [5.74, 6) is -0.167. The van der Waals surface area contributed by atoms with E-state index >= 15 is 0 Å². The lowest BCUT2D eigenvalue weighted by molar-refractivity contribution is -0.136. The monoisotopic (exact) mass is 454 g/mol. The topological polar surface area (TPSA) is 48.5 Å². The van der Waals surface area contributed by atoms with Gasteiger partial charge in [-0.2, -0.15) is 13.2 Å². The zero-order valence-corrected chi connectivity index (χ0v) is 18.2. The summed E-state index contributed by atoms with van der Waals surface area (Å²) >= 11 is 2.63. The van der Waals surface area contributed by atoms with Crippen LogP contribution in [0.3, 0.4) is 0 Å². The van der Waals surface area contributed by atoms with Gasteiger partial charge in [0.1, 0.15) is 5.82 Å². The van der Waals surface area contributed by atoms with Crippen LogP contribution < -0.4 is 10.2 Å². The van der Waals surface area contributed by atoms with Gasteiger partial charge >= 0.3 is 6.18 Å². The highest BCUT2D eigenvalue weighted by Gasteiger charge is 2.36. The van der Waals surface area contributed by atoms with Gasteiger partial charge in [0.2, 0.25) is 0 Å². The molecular weight excluding hydrogens is 433 g/mol. The van der Waals surface area contributed by atoms with Crippen LogP contribution in [0.2, 0.25) is 0 Å². The van der Waals surface area contributed by atoms with Crippen molar-refractivity contribution in [3.8, 4) is 0 Å². The molecule has 4 rings (SSSR count). The van der Waals surface area contributed by atoms with Crippen molar-refractivity contribution in [3.05, 3.63) is 44.5 Å². The van der Waals surface area contributed by atoms with Gasteiger partial charge in [-0.25, -0.2) is 4.98 Å². The molecule has 0 atom stereocenters. The van der Waals surface area contributed by atoms with Crippen molar-refractivity contribution in [1.82, 2.24) is 15.2 Å². The normalized spacial score (nSPS) is 15.7. The van der Waals surface area contributed by atoms with Gasteiger partial charge in [0.15, 0.2) is 0 Å². The molecule has 3 aromatic heterocycles. The molecule has 1 amide bonds. The number of aromatic nitrogens is 1. The quantitative estimate of drug-likeness (QED) is 0.636. The third kappa shape index (κ3) is 4.17. The van der Waals surface area contributed by atoms with Crippen molar-refractivity contribution >= 4 is 44.6 Å². The second-order valence-electron chi connectivity index (χ2n) is 7.29. The second-order valence-corrected chi connectivity index (χ2v) is 9.16. The minimum Gasteiger partial charge on any atom is -0.355 e. The summed E-state index contributed by atoms with van der Waals surface area (Å²) in [7, 11) is 1.45. The number of nitrogens with zero attached hydrogens (tertiary/aromatic N) is 3. The van der Waals surface area contributed by atoms with Crippen molar-refractivity contribution in [3.63, 3.8) is 0 Å². The van der Waals surface area contributed by atoms with Gasteiger partial charge in [-0.05, 0) is 30.0 Å². The fraction of sp³-hybridized carbons (Fsp3) is 0.400. The number of nitrogens with one attached hydrogen (secondary N) is 1. The van der Waals surface area contributed by atoms with Crippen LogP contribution in [0.5, 0.6) is 0 Å². The fourth-order valence-electron chi connectivity index (χ4n) is 3.59. The van der Waals surface area contributed by atoms with E-state index in [0.717, 1.165) is 37.0 Å². The largest absolute Gasteiger partial charge is 0.417 e. The molecule has 10 heteroatoms. The minimum atomic E-state index is -4.51. The Labute approximate surface area is 180 Å². The van der Waals surface area contributed by atoms with Crippen LogP contribution in [0.25, 0.3) is 10.2 Å². The summed E-state index contributed by atoms with van der Waals surface area (Å²) in [6, 6.07) is 3.28. The number of rotatable bonds is 4. The molecule has 0 aromatic carbocycles. The summed E-state index contributed by atoms with van der Waals surface area (Å²) in [6.07, 6.45) is -4.51. The molecule has 0 bridgehead atoms. The fourth-order valence-corrected chi connectivity index (χ4v) is 5.53. The number of carbonyl (C=O) groups excluding carboxylic acids is 1. The third-order valence-corrected chi connectivity index (χ3v) is 7.19. The van der Waals surface area contributed by atoms with Crippen LogP contribution in [-0.4, -0.2) is 49.0 Å². The molecule has 1 N–H and O–H groups in total. The number of anilines is 1. The van der Waals surface area contributed by atoms with E-state index in [9.17, 15) is 18.0 Å². The number of hydrogen-bond donors (Lipinski definition) is 1. The molecule has 160 valence electrons. The van der Waals surface area contributed by atoms with Gasteiger partial charge in [0, 0.05) is 50.0 Å². The molecule has 0 saturated carbocycles. The van der Waals surface area contributed by atoms with Crippen molar-refractivity contribution in [2.45, 2.75) is 19.6 Å². The van der Waals surface area contributed by atoms with Crippen LogP contribution in [0, 0.1) is 6.92 Å². The molecule has 1 fully saturated rings. The smallest absolute Gasteiger partial charge is 0.355 e. The Morgan fingerprint density at radius 3 is 2.50 bits per heavy atom. The number of piperazine rings is 1. The summed E-state index contributed by atoms with van der Waals surface area (Å²) in [5, 5.41) is 6.03. The van der Waals surface area contributed by atoms with E-state index in [4.69, 9.17) is 0 Å². The lowest BCUT2D eigenvalue weighted by Gasteiger charge is -2.35. The first-order valence-electron chi connectivity index (χ1n) is 9.49. The molecule has 1 aliphatic heterocycles. The Morgan fingerprint density at radius 2 is 1.90 bits per heavy atom. The molecular formula is C20H21F3N4OS2. The minimum absolute atomic E-state index is 0.00319. The zero-order chi connectivity index (χ0) is 21.5. The maximum Gasteiger partial charge on any atom is 0.417 e. The summed E-state index contributed by atoms with van der Waals surface area (Å²) in [5.41, 5.74) is 0.796. The number of thiophene rings is 2. The highest BCUT2D eigenvalue weighted by atomic mass is 32.1. The molecule has 5 nitrogen and oxygen atoms in total. The third-order valence-electron chi connectivity index (χ3n) is 5.15. The Balaban J connectivity index is 1.60. The van der Waals surface area contributed by atoms with Gasteiger partial charge in [-0.3, -0.25) is 9.69 Å². The first kappa shape index (κ1) is 21.1. The molecule has 0 radical (unpaired) electrons. The van der Waals surface area contributed by atoms with Gasteiger partial charge in [0.05, 0.1) is 21.3 Å². The molecule has 0 aliphatic carbocycles. The van der Waals surface area contributed by atoms with E-state index in [1.54, 1.807) is 11.3 Å². The zero-order valence-electron chi connectivity index (χ0n) is 16.5. The molecule has 1 aliphatic rings. The van der Waals surface area contributed by atoms with Crippen molar-refractivity contribution in [1.29, 1.82) is 0 Å². The highest BCUT2D eigenvalue weighted by Crippen LogP contribution is 2.40. The molecule has 3 aromatic rings.